The van der Waals surface area contributed by atoms with Crippen molar-refractivity contribution < 1.29 is 17.2 Å². The average Bonchev–Trinajstić information content (AvgIpc) is 1.99. The number of aromatic nitrogens is 1. The Labute approximate surface area is 102 Å². The van der Waals surface area contributed by atoms with E-state index in [1.54, 1.807) is 0 Å². The predicted octanol–water partition coefficient (Wildman–Crippen LogP) is 3.36. The molecular formula is C6H2BrCl2F2NO2S. The van der Waals surface area contributed by atoms with Gasteiger partial charge in [0.05, 0.1) is 0 Å². The largest absolute Gasteiger partial charge is 0.281 e. The van der Waals surface area contributed by atoms with Gasteiger partial charge >= 0.3 is 0 Å². The molecule has 1 heterocycles. The number of hydrogen-bond acceptors (Lipinski definition) is 3. The van der Waals surface area contributed by atoms with E-state index < -0.39 is 26.1 Å². The van der Waals surface area contributed by atoms with E-state index >= 15 is 0 Å². The van der Waals surface area contributed by atoms with Crippen LogP contribution in [-0.4, -0.2) is 13.4 Å². The van der Waals surface area contributed by atoms with Crippen molar-refractivity contribution in [1.82, 2.24) is 4.98 Å². The van der Waals surface area contributed by atoms with E-state index in [4.69, 9.17) is 22.3 Å². The molecule has 0 saturated heterocycles. The number of nitrogens with zero attached hydrogens (tertiary/aromatic N) is 1. The van der Waals surface area contributed by atoms with E-state index in [1.165, 1.54) is 0 Å². The molecule has 0 aliphatic heterocycles. The van der Waals surface area contributed by atoms with Crippen LogP contribution >= 0.6 is 38.2 Å². The van der Waals surface area contributed by atoms with Crippen LogP contribution < -0.4 is 0 Å². The second kappa shape index (κ2) is 4.48. The summed E-state index contributed by atoms with van der Waals surface area (Å²) in [5.41, 5.74) is -0.968. The van der Waals surface area contributed by atoms with Crippen molar-refractivity contribution >= 4 is 47.3 Å². The fourth-order valence-corrected chi connectivity index (χ4v) is 3.71. The molecule has 1 rings (SSSR count). The fourth-order valence-electron chi connectivity index (χ4n) is 0.880. The van der Waals surface area contributed by atoms with Gasteiger partial charge in [0.1, 0.15) is 15.7 Å². The molecule has 0 aromatic carbocycles. The predicted molar refractivity (Wildman–Crippen MR) is 54.9 cm³/mol. The van der Waals surface area contributed by atoms with Gasteiger partial charge in [0.25, 0.3) is 15.5 Å². The first-order valence-electron chi connectivity index (χ1n) is 3.32. The summed E-state index contributed by atoms with van der Waals surface area (Å²) in [4.78, 5) is 2.46. The summed E-state index contributed by atoms with van der Waals surface area (Å²) in [7, 11) is 0.689. The van der Waals surface area contributed by atoms with Crippen LogP contribution in [0.15, 0.2) is 15.4 Å². The van der Waals surface area contributed by atoms with Gasteiger partial charge in [0, 0.05) is 15.2 Å². The lowest BCUT2D eigenvalue weighted by Gasteiger charge is -2.07. The summed E-state index contributed by atoms with van der Waals surface area (Å²) in [6, 6.07) is 1.07. The van der Waals surface area contributed by atoms with Crippen molar-refractivity contribution in [3.05, 3.63) is 21.4 Å². The maximum Gasteiger partial charge on any atom is 0.281 e. The first kappa shape index (κ1) is 13.1. The minimum absolute atomic E-state index is 0.146. The summed E-state index contributed by atoms with van der Waals surface area (Å²) in [5.74, 6) is 0. The molecule has 3 nitrogen and oxygen atoms in total. The molecule has 0 amide bonds. The highest BCUT2D eigenvalue weighted by Gasteiger charge is 2.27. The van der Waals surface area contributed by atoms with E-state index in [0.29, 0.717) is 0 Å². The number of pyridine rings is 1. The Bertz CT molecular complexity index is 494. The maximum atomic E-state index is 12.5. The number of hydrogen-bond donors (Lipinski definition) is 0. The fraction of sp³-hybridized carbons (Fsp3) is 0.167. The van der Waals surface area contributed by atoms with Crippen molar-refractivity contribution in [2.75, 3.05) is 0 Å². The van der Waals surface area contributed by atoms with Crippen molar-refractivity contribution in [1.29, 1.82) is 0 Å². The highest BCUT2D eigenvalue weighted by molar-refractivity contribution is 9.10. The third kappa shape index (κ3) is 2.99. The van der Waals surface area contributed by atoms with Crippen molar-refractivity contribution in [2.45, 2.75) is 11.3 Å². The second-order valence-electron chi connectivity index (χ2n) is 2.38. The van der Waals surface area contributed by atoms with Gasteiger partial charge in [-0.2, -0.15) is 0 Å². The Morgan fingerprint density at radius 2 is 2.00 bits per heavy atom. The monoisotopic (exact) mass is 339 g/mol. The number of halogens is 5. The molecule has 9 heteroatoms. The van der Waals surface area contributed by atoms with Crippen LogP contribution in [0.4, 0.5) is 8.78 Å². The topological polar surface area (TPSA) is 47.0 Å². The van der Waals surface area contributed by atoms with Crippen molar-refractivity contribution in [3.63, 3.8) is 0 Å². The van der Waals surface area contributed by atoms with Gasteiger partial charge in [-0.25, -0.2) is 22.2 Å². The van der Waals surface area contributed by atoms with E-state index in [-0.39, 0.29) is 9.63 Å². The van der Waals surface area contributed by atoms with E-state index in [2.05, 4.69) is 20.9 Å². The molecule has 0 unspecified atom stereocenters. The quantitative estimate of drug-likeness (QED) is 0.612. The average molecular weight is 341 g/mol. The molecule has 0 aliphatic carbocycles. The minimum Gasteiger partial charge on any atom is -0.234 e. The van der Waals surface area contributed by atoms with Gasteiger partial charge in [-0.05, 0) is 22.0 Å². The van der Waals surface area contributed by atoms with E-state index in [0.717, 1.165) is 6.07 Å². The molecule has 0 aliphatic rings. The molecular weight excluding hydrogens is 339 g/mol. The summed E-state index contributed by atoms with van der Waals surface area (Å²) >= 11 is 8.18. The first-order chi connectivity index (χ1) is 6.73. The summed E-state index contributed by atoms with van der Waals surface area (Å²) in [5, 5.41) is -0.249. The van der Waals surface area contributed by atoms with Gasteiger partial charge in [0.15, 0.2) is 0 Å². The molecule has 0 N–H and O–H groups in total. The Morgan fingerprint density at radius 1 is 1.47 bits per heavy atom. The van der Waals surface area contributed by atoms with Crippen LogP contribution in [-0.2, 0) is 9.05 Å². The zero-order valence-electron chi connectivity index (χ0n) is 6.72. The Kier molecular flexibility index (Phi) is 3.91. The standard InChI is InChI=1S/C6H2BrCl2F2NO2S/c7-2-1-3(8)12-4(6(10)11)5(2)15(9,13)14/h1,6H. The van der Waals surface area contributed by atoms with Crippen LogP contribution in [0.3, 0.4) is 0 Å². The summed E-state index contributed by atoms with van der Waals surface area (Å²) in [6.45, 7) is 0. The molecule has 0 bridgehead atoms. The molecule has 0 spiro atoms. The highest BCUT2D eigenvalue weighted by Crippen LogP contribution is 2.34. The lowest BCUT2D eigenvalue weighted by Crippen LogP contribution is -2.03. The van der Waals surface area contributed by atoms with E-state index in [1.807, 2.05) is 0 Å². The Morgan fingerprint density at radius 3 is 2.40 bits per heavy atom. The highest BCUT2D eigenvalue weighted by atomic mass is 79.9. The van der Waals surface area contributed by atoms with Gasteiger partial charge in [0.2, 0.25) is 0 Å². The van der Waals surface area contributed by atoms with Gasteiger partial charge < -0.3 is 0 Å². The number of alkyl halides is 2. The SMILES string of the molecule is O=S(=O)(Cl)c1c(Br)cc(Cl)nc1C(F)F. The minimum atomic E-state index is -4.30. The lowest BCUT2D eigenvalue weighted by molar-refractivity contribution is 0.142. The van der Waals surface area contributed by atoms with Crippen molar-refractivity contribution in [3.8, 4) is 0 Å². The molecule has 0 fully saturated rings. The Balaban J connectivity index is 3.62. The van der Waals surface area contributed by atoms with Crippen LogP contribution in [0.25, 0.3) is 0 Å². The molecule has 1 aromatic heterocycles. The maximum absolute atomic E-state index is 12.5. The molecule has 15 heavy (non-hydrogen) atoms. The van der Waals surface area contributed by atoms with Crippen molar-refractivity contribution in [2.24, 2.45) is 0 Å². The first-order valence-corrected chi connectivity index (χ1v) is 6.80. The van der Waals surface area contributed by atoms with Crippen LogP contribution in [0.2, 0.25) is 5.15 Å². The third-order valence-corrected chi connectivity index (χ3v) is 3.83. The van der Waals surface area contributed by atoms with E-state index in [9.17, 15) is 17.2 Å². The van der Waals surface area contributed by atoms with Gasteiger partial charge in [-0.15, -0.1) is 0 Å². The van der Waals surface area contributed by atoms with Crippen LogP contribution in [0, 0.1) is 0 Å². The lowest BCUT2D eigenvalue weighted by atomic mass is 10.3. The third-order valence-electron chi connectivity index (χ3n) is 1.37. The van der Waals surface area contributed by atoms with Gasteiger partial charge in [-0.3, -0.25) is 0 Å². The molecule has 0 saturated carbocycles. The summed E-state index contributed by atoms with van der Waals surface area (Å²) in [6.07, 6.45) is -3.08. The zero-order valence-corrected chi connectivity index (χ0v) is 10.6. The van der Waals surface area contributed by atoms with Crippen LogP contribution in [0.5, 0.6) is 0 Å². The molecule has 1 aromatic rings. The second-order valence-corrected chi connectivity index (χ2v) is 6.12. The number of rotatable bonds is 2. The normalized spacial score (nSPS) is 12.1. The smallest absolute Gasteiger partial charge is 0.234 e. The molecule has 84 valence electrons. The molecule has 0 radical (unpaired) electrons. The van der Waals surface area contributed by atoms with Crippen LogP contribution in [0.1, 0.15) is 12.1 Å². The molecule has 0 atom stereocenters. The van der Waals surface area contributed by atoms with Gasteiger partial charge in [-0.1, -0.05) is 11.6 Å². The zero-order chi connectivity index (χ0) is 11.8. The Hall–Kier alpha value is 0.0200. The summed E-state index contributed by atoms with van der Waals surface area (Å²) < 4.78 is 46.8.